The van der Waals surface area contributed by atoms with Gasteiger partial charge in [0.05, 0.1) is 13.2 Å². The minimum Gasteiger partial charge on any atom is -0.497 e. The maximum atomic E-state index is 5.98. The third kappa shape index (κ3) is 5.42. The summed E-state index contributed by atoms with van der Waals surface area (Å²) in [5.74, 6) is 2.96. The Labute approximate surface area is 183 Å². The number of hydrogen-bond acceptors (Lipinski definition) is 7. The fourth-order valence-corrected chi connectivity index (χ4v) is 3.71. The molecule has 2 aromatic carbocycles. The van der Waals surface area contributed by atoms with Crippen LogP contribution in [0, 0.1) is 6.92 Å². The molecule has 1 saturated heterocycles. The molecule has 1 fully saturated rings. The Morgan fingerprint density at radius 3 is 2.29 bits per heavy atom. The van der Waals surface area contributed by atoms with E-state index in [0.717, 1.165) is 49.8 Å². The number of aryl methyl sites for hydroxylation is 1. The predicted molar refractivity (Wildman–Crippen MR) is 119 cm³/mol. The smallest absolute Gasteiger partial charge is 0.247 e. The summed E-state index contributed by atoms with van der Waals surface area (Å²) in [4.78, 5) is 4.82. The van der Waals surface area contributed by atoms with Crippen molar-refractivity contribution in [2.24, 2.45) is 0 Å². The van der Waals surface area contributed by atoms with Crippen LogP contribution in [-0.4, -0.2) is 66.4 Å². The number of benzene rings is 2. The van der Waals surface area contributed by atoms with E-state index in [4.69, 9.17) is 13.9 Å². The van der Waals surface area contributed by atoms with Gasteiger partial charge in [0.15, 0.2) is 0 Å². The van der Waals surface area contributed by atoms with E-state index in [0.29, 0.717) is 18.4 Å². The molecule has 164 valence electrons. The number of rotatable bonds is 8. The summed E-state index contributed by atoms with van der Waals surface area (Å²) in [7, 11) is 1.66. The molecular formula is C24H30N4O3. The second-order valence-electron chi connectivity index (χ2n) is 7.89. The lowest BCUT2D eigenvalue weighted by Gasteiger charge is -2.36. The van der Waals surface area contributed by atoms with Gasteiger partial charge in [0.1, 0.15) is 18.1 Å². The fourth-order valence-electron chi connectivity index (χ4n) is 3.71. The van der Waals surface area contributed by atoms with E-state index in [1.807, 2.05) is 36.4 Å². The van der Waals surface area contributed by atoms with E-state index >= 15 is 0 Å². The number of hydrogen-bond donors (Lipinski definition) is 0. The van der Waals surface area contributed by atoms with Gasteiger partial charge in [0.25, 0.3) is 0 Å². The van der Waals surface area contributed by atoms with E-state index in [2.05, 4.69) is 46.0 Å². The summed E-state index contributed by atoms with van der Waals surface area (Å²) < 4.78 is 17.0. The summed E-state index contributed by atoms with van der Waals surface area (Å²) >= 11 is 0. The first kappa shape index (κ1) is 21.3. The largest absolute Gasteiger partial charge is 0.497 e. The van der Waals surface area contributed by atoms with Crippen molar-refractivity contribution < 1.29 is 13.9 Å². The quantitative estimate of drug-likeness (QED) is 0.547. The molecule has 0 aliphatic carbocycles. The van der Waals surface area contributed by atoms with Gasteiger partial charge in [-0.3, -0.25) is 9.80 Å². The second kappa shape index (κ2) is 9.94. The highest BCUT2D eigenvalue weighted by atomic mass is 16.5. The molecule has 31 heavy (non-hydrogen) atoms. The number of piperazine rings is 1. The molecule has 0 amide bonds. The SMILES string of the molecule is COc1ccc(OCCN2CCN([C@@H](C)c3nnc(-c4ccc(C)cc4)o3)CC2)cc1. The van der Waals surface area contributed by atoms with Gasteiger partial charge in [-0.05, 0) is 50.2 Å². The van der Waals surface area contributed by atoms with E-state index in [-0.39, 0.29) is 6.04 Å². The summed E-state index contributed by atoms with van der Waals surface area (Å²) in [6.07, 6.45) is 0. The van der Waals surface area contributed by atoms with Crippen LogP contribution in [0.1, 0.15) is 24.4 Å². The Bertz CT molecular complexity index is 948. The van der Waals surface area contributed by atoms with Crippen LogP contribution in [0.3, 0.4) is 0 Å². The molecule has 1 aromatic heterocycles. The standard InChI is InChI=1S/C24H30N4O3/c1-18-4-6-20(7-5-18)24-26-25-23(31-24)19(2)28-14-12-27(13-15-28)16-17-30-22-10-8-21(29-3)9-11-22/h4-11,19H,12-17H2,1-3H3/t19-/m0/s1. The molecule has 0 spiro atoms. The van der Waals surface area contributed by atoms with E-state index in [1.54, 1.807) is 7.11 Å². The number of aromatic nitrogens is 2. The lowest BCUT2D eigenvalue weighted by atomic mass is 10.1. The van der Waals surface area contributed by atoms with Crippen LogP contribution in [0.5, 0.6) is 11.5 Å². The molecule has 2 heterocycles. The minimum atomic E-state index is 0.101. The molecule has 7 heteroatoms. The molecule has 0 radical (unpaired) electrons. The average Bonchev–Trinajstić information content (AvgIpc) is 3.30. The van der Waals surface area contributed by atoms with Crippen LogP contribution in [0.25, 0.3) is 11.5 Å². The molecule has 0 bridgehead atoms. The van der Waals surface area contributed by atoms with Crippen molar-refractivity contribution in [1.29, 1.82) is 0 Å². The molecule has 1 aliphatic heterocycles. The normalized spacial score (nSPS) is 16.2. The van der Waals surface area contributed by atoms with Gasteiger partial charge < -0.3 is 13.9 Å². The minimum absolute atomic E-state index is 0.101. The first-order chi connectivity index (χ1) is 15.1. The van der Waals surface area contributed by atoms with Crippen molar-refractivity contribution in [3.8, 4) is 23.0 Å². The highest BCUT2D eigenvalue weighted by molar-refractivity contribution is 5.52. The maximum Gasteiger partial charge on any atom is 0.247 e. The molecule has 4 rings (SSSR count). The third-order valence-electron chi connectivity index (χ3n) is 5.79. The van der Waals surface area contributed by atoms with Crippen molar-refractivity contribution in [1.82, 2.24) is 20.0 Å². The first-order valence-electron chi connectivity index (χ1n) is 10.8. The van der Waals surface area contributed by atoms with Gasteiger partial charge in [0.2, 0.25) is 11.8 Å². The zero-order valence-corrected chi connectivity index (χ0v) is 18.5. The van der Waals surface area contributed by atoms with Crippen LogP contribution in [0.15, 0.2) is 52.9 Å². The van der Waals surface area contributed by atoms with Crippen LogP contribution in [0.2, 0.25) is 0 Å². The lowest BCUT2D eigenvalue weighted by molar-refractivity contribution is 0.0827. The van der Waals surface area contributed by atoms with Crippen LogP contribution < -0.4 is 9.47 Å². The molecule has 0 unspecified atom stereocenters. The molecule has 0 saturated carbocycles. The van der Waals surface area contributed by atoms with Crippen LogP contribution >= 0.6 is 0 Å². The van der Waals surface area contributed by atoms with E-state index < -0.39 is 0 Å². The number of ether oxygens (including phenoxy) is 2. The zero-order chi connectivity index (χ0) is 21.6. The van der Waals surface area contributed by atoms with Crippen molar-refractivity contribution in [2.75, 3.05) is 46.4 Å². The third-order valence-corrected chi connectivity index (χ3v) is 5.79. The molecule has 7 nitrogen and oxygen atoms in total. The molecular weight excluding hydrogens is 392 g/mol. The summed E-state index contributed by atoms with van der Waals surface area (Å²) in [5.41, 5.74) is 2.17. The highest BCUT2D eigenvalue weighted by Gasteiger charge is 2.25. The summed E-state index contributed by atoms with van der Waals surface area (Å²) in [6, 6.07) is 16.0. The number of methoxy groups -OCH3 is 1. The Kier molecular flexibility index (Phi) is 6.84. The van der Waals surface area contributed by atoms with Gasteiger partial charge in [-0.2, -0.15) is 0 Å². The Morgan fingerprint density at radius 2 is 1.61 bits per heavy atom. The van der Waals surface area contributed by atoms with Gasteiger partial charge in [0, 0.05) is 38.3 Å². The van der Waals surface area contributed by atoms with Gasteiger partial charge in [-0.1, -0.05) is 17.7 Å². The lowest BCUT2D eigenvalue weighted by Crippen LogP contribution is -2.48. The second-order valence-corrected chi connectivity index (χ2v) is 7.89. The van der Waals surface area contributed by atoms with Crippen molar-refractivity contribution in [3.63, 3.8) is 0 Å². The van der Waals surface area contributed by atoms with Crippen molar-refractivity contribution in [3.05, 3.63) is 60.0 Å². The average molecular weight is 423 g/mol. The van der Waals surface area contributed by atoms with Crippen molar-refractivity contribution >= 4 is 0 Å². The van der Waals surface area contributed by atoms with Gasteiger partial charge >= 0.3 is 0 Å². The maximum absolute atomic E-state index is 5.98. The highest BCUT2D eigenvalue weighted by Crippen LogP contribution is 2.25. The molecule has 1 atom stereocenters. The predicted octanol–water partition coefficient (Wildman–Crippen LogP) is 3.81. The van der Waals surface area contributed by atoms with Crippen molar-refractivity contribution in [2.45, 2.75) is 19.9 Å². The Hall–Kier alpha value is -2.90. The Morgan fingerprint density at radius 1 is 0.935 bits per heavy atom. The van der Waals surface area contributed by atoms with Gasteiger partial charge in [-0.25, -0.2) is 0 Å². The molecule has 0 N–H and O–H groups in total. The number of nitrogens with zero attached hydrogens (tertiary/aromatic N) is 4. The fraction of sp³-hybridized carbons (Fsp3) is 0.417. The van der Waals surface area contributed by atoms with Gasteiger partial charge in [-0.15, -0.1) is 10.2 Å². The molecule has 3 aromatic rings. The molecule has 1 aliphatic rings. The Balaban J connectivity index is 1.23. The summed E-state index contributed by atoms with van der Waals surface area (Å²) in [5, 5.41) is 8.55. The topological polar surface area (TPSA) is 63.9 Å². The zero-order valence-electron chi connectivity index (χ0n) is 18.5. The van der Waals surface area contributed by atoms with E-state index in [9.17, 15) is 0 Å². The monoisotopic (exact) mass is 422 g/mol. The van der Waals surface area contributed by atoms with Crippen LogP contribution in [0.4, 0.5) is 0 Å². The van der Waals surface area contributed by atoms with E-state index in [1.165, 1.54) is 5.56 Å². The van der Waals surface area contributed by atoms with Crippen LogP contribution in [-0.2, 0) is 0 Å². The summed E-state index contributed by atoms with van der Waals surface area (Å²) in [6.45, 7) is 9.70. The first-order valence-corrected chi connectivity index (χ1v) is 10.8.